The van der Waals surface area contributed by atoms with Gasteiger partial charge in [0.15, 0.2) is 6.07 Å². The van der Waals surface area contributed by atoms with Crippen molar-refractivity contribution >= 4 is 39.1 Å². The molecule has 0 amide bonds. The smallest absolute Gasteiger partial charge is 0.162 e. The van der Waals surface area contributed by atoms with Gasteiger partial charge in [-0.15, -0.1) is 0 Å². The molecular weight excluding hydrogens is 251 g/mol. The lowest BCUT2D eigenvalue weighted by Gasteiger charge is -2.02. The highest BCUT2D eigenvalue weighted by Gasteiger charge is 1.98. The van der Waals surface area contributed by atoms with Crippen molar-refractivity contribution in [2.24, 2.45) is 0 Å². The second-order valence-electron chi connectivity index (χ2n) is 1.83. The molecule has 0 aliphatic rings. The summed E-state index contributed by atoms with van der Waals surface area (Å²) in [5.41, 5.74) is 0. The van der Waals surface area contributed by atoms with E-state index in [2.05, 4.69) is 15.9 Å². The number of ether oxygens (including phenoxy) is 1. The van der Waals surface area contributed by atoms with Crippen LogP contribution in [-0.4, -0.2) is 6.07 Å². The van der Waals surface area contributed by atoms with Crippen molar-refractivity contribution in [3.05, 3.63) is 27.7 Å². The molecule has 0 aliphatic carbocycles. The molecular formula is C7H5BrCl2O. The molecule has 0 N–H and O–H groups in total. The van der Waals surface area contributed by atoms with E-state index in [1.165, 1.54) is 0 Å². The van der Waals surface area contributed by atoms with E-state index in [0.29, 0.717) is 10.8 Å². The minimum atomic E-state index is 0.137. The lowest BCUT2D eigenvalue weighted by Crippen LogP contribution is -1.87. The monoisotopic (exact) mass is 254 g/mol. The second-order valence-corrected chi connectivity index (χ2v) is 3.31. The maximum absolute atomic E-state index is 5.78. The zero-order chi connectivity index (χ0) is 8.27. The summed E-state index contributed by atoms with van der Waals surface area (Å²) in [7, 11) is 0. The topological polar surface area (TPSA) is 9.23 Å². The highest BCUT2D eigenvalue weighted by molar-refractivity contribution is 9.10. The van der Waals surface area contributed by atoms with Gasteiger partial charge < -0.3 is 4.74 Å². The number of benzene rings is 1. The highest BCUT2D eigenvalue weighted by Crippen LogP contribution is 2.26. The Morgan fingerprint density at radius 3 is 2.73 bits per heavy atom. The van der Waals surface area contributed by atoms with Crippen LogP contribution >= 0.6 is 39.1 Å². The SMILES string of the molecule is ClCOc1ccc(Br)c(Cl)c1. The summed E-state index contributed by atoms with van der Waals surface area (Å²) in [4.78, 5) is 0. The Morgan fingerprint density at radius 2 is 2.18 bits per heavy atom. The average molecular weight is 256 g/mol. The molecule has 0 aromatic heterocycles. The normalized spacial score (nSPS) is 9.73. The van der Waals surface area contributed by atoms with Crippen LogP contribution in [0.2, 0.25) is 5.02 Å². The number of halogens is 3. The number of hydrogen-bond donors (Lipinski definition) is 0. The lowest BCUT2D eigenvalue weighted by molar-refractivity contribution is 0.388. The van der Waals surface area contributed by atoms with E-state index >= 15 is 0 Å². The fraction of sp³-hybridized carbons (Fsp3) is 0.143. The molecule has 0 spiro atoms. The van der Waals surface area contributed by atoms with Crippen LogP contribution in [0.5, 0.6) is 5.75 Å². The quantitative estimate of drug-likeness (QED) is 0.733. The third kappa shape index (κ3) is 2.55. The van der Waals surface area contributed by atoms with Gasteiger partial charge in [0.1, 0.15) is 5.75 Å². The summed E-state index contributed by atoms with van der Waals surface area (Å²) >= 11 is 14.4. The first-order valence-corrected chi connectivity index (χ1v) is 4.58. The van der Waals surface area contributed by atoms with Crippen LogP contribution in [-0.2, 0) is 0 Å². The Labute approximate surface area is 83.4 Å². The van der Waals surface area contributed by atoms with Gasteiger partial charge >= 0.3 is 0 Å². The van der Waals surface area contributed by atoms with Gasteiger partial charge in [0, 0.05) is 4.47 Å². The van der Waals surface area contributed by atoms with Gasteiger partial charge in [-0.25, -0.2) is 0 Å². The molecule has 0 atom stereocenters. The largest absolute Gasteiger partial charge is 0.478 e. The molecule has 0 saturated carbocycles. The van der Waals surface area contributed by atoms with Crippen LogP contribution in [0.25, 0.3) is 0 Å². The van der Waals surface area contributed by atoms with Crippen molar-refractivity contribution in [2.45, 2.75) is 0 Å². The van der Waals surface area contributed by atoms with Crippen molar-refractivity contribution in [3.63, 3.8) is 0 Å². The van der Waals surface area contributed by atoms with Gasteiger partial charge in [-0.2, -0.15) is 0 Å². The average Bonchev–Trinajstić information content (AvgIpc) is 1.98. The molecule has 1 aromatic carbocycles. The van der Waals surface area contributed by atoms with Crippen LogP contribution < -0.4 is 4.74 Å². The third-order valence-electron chi connectivity index (χ3n) is 1.11. The predicted octanol–water partition coefficient (Wildman–Crippen LogP) is 3.68. The van der Waals surface area contributed by atoms with Crippen molar-refractivity contribution in [3.8, 4) is 5.75 Å². The van der Waals surface area contributed by atoms with E-state index in [1.54, 1.807) is 12.1 Å². The first-order valence-electron chi connectivity index (χ1n) is 2.88. The third-order valence-corrected chi connectivity index (χ3v) is 2.45. The number of rotatable bonds is 2. The minimum Gasteiger partial charge on any atom is -0.478 e. The van der Waals surface area contributed by atoms with E-state index in [4.69, 9.17) is 27.9 Å². The van der Waals surface area contributed by atoms with Gasteiger partial charge in [0.2, 0.25) is 0 Å². The Balaban J connectivity index is 2.86. The molecule has 0 bridgehead atoms. The first kappa shape index (κ1) is 9.17. The second kappa shape index (κ2) is 4.19. The lowest BCUT2D eigenvalue weighted by atomic mass is 10.3. The molecule has 0 aliphatic heterocycles. The van der Waals surface area contributed by atoms with Crippen molar-refractivity contribution in [2.75, 3.05) is 6.07 Å². The number of hydrogen-bond acceptors (Lipinski definition) is 1. The van der Waals surface area contributed by atoms with Crippen molar-refractivity contribution in [1.29, 1.82) is 0 Å². The summed E-state index contributed by atoms with van der Waals surface area (Å²) in [5.74, 6) is 0.674. The Bertz CT molecular complexity index is 252. The molecule has 0 heterocycles. The zero-order valence-corrected chi connectivity index (χ0v) is 8.58. The Kier molecular flexibility index (Phi) is 3.49. The number of alkyl halides is 1. The van der Waals surface area contributed by atoms with E-state index in [0.717, 1.165) is 4.47 Å². The maximum Gasteiger partial charge on any atom is 0.162 e. The molecule has 11 heavy (non-hydrogen) atoms. The summed E-state index contributed by atoms with van der Waals surface area (Å²) < 4.78 is 5.85. The molecule has 0 saturated heterocycles. The van der Waals surface area contributed by atoms with Gasteiger partial charge in [-0.3, -0.25) is 0 Å². The summed E-state index contributed by atoms with van der Waals surface area (Å²) in [6, 6.07) is 5.44. The van der Waals surface area contributed by atoms with Crippen molar-refractivity contribution < 1.29 is 4.74 Å². The van der Waals surface area contributed by atoms with Crippen LogP contribution in [0.1, 0.15) is 0 Å². The zero-order valence-electron chi connectivity index (χ0n) is 5.48. The fourth-order valence-corrected chi connectivity index (χ4v) is 1.17. The molecule has 1 rings (SSSR count). The van der Waals surface area contributed by atoms with Gasteiger partial charge in [-0.1, -0.05) is 23.2 Å². The molecule has 1 aromatic rings. The van der Waals surface area contributed by atoms with Crippen LogP contribution in [0.15, 0.2) is 22.7 Å². The highest BCUT2D eigenvalue weighted by atomic mass is 79.9. The standard InChI is InChI=1S/C7H5BrCl2O/c8-6-2-1-5(11-4-9)3-7(6)10/h1-3H,4H2. The van der Waals surface area contributed by atoms with Gasteiger partial charge in [0.25, 0.3) is 0 Å². The van der Waals surface area contributed by atoms with Crippen LogP contribution in [0, 0.1) is 0 Å². The van der Waals surface area contributed by atoms with Crippen LogP contribution in [0.3, 0.4) is 0 Å². The van der Waals surface area contributed by atoms with E-state index in [-0.39, 0.29) is 6.07 Å². The van der Waals surface area contributed by atoms with E-state index in [1.807, 2.05) is 6.07 Å². The minimum absolute atomic E-state index is 0.137. The first-order chi connectivity index (χ1) is 5.24. The van der Waals surface area contributed by atoms with Crippen molar-refractivity contribution in [1.82, 2.24) is 0 Å². The summed E-state index contributed by atoms with van der Waals surface area (Å²) in [6.07, 6.45) is 0. The van der Waals surface area contributed by atoms with Gasteiger partial charge in [0.05, 0.1) is 5.02 Å². The van der Waals surface area contributed by atoms with Gasteiger partial charge in [-0.05, 0) is 34.1 Å². The Morgan fingerprint density at radius 1 is 1.45 bits per heavy atom. The molecule has 0 fully saturated rings. The van der Waals surface area contributed by atoms with Crippen LogP contribution in [0.4, 0.5) is 0 Å². The molecule has 60 valence electrons. The Hall–Kier alpha value is 0.0800. The fourth-order valence-electron chi connectivity index (χ4n) is 0.630. The molecule has 0 unspecified atom stereocenters. The molecule has 4 heteroatoms. The summed E-state index contributed by atoms with van der Waals surface area (Å²) in [6.45, 7) is 0. The molecule has 1 nitrogen and oxygen atoms in total. The summed E-state index contributed by atoms with van der Waals surface area (Å²) in [5, 5.41) is 0.618. The van der Waals surface area contributed by atoms with E-state index < -0.39 is 0 Å². The maximum atomic E-state index is 5.78. The predicted molar refractivity (Wildman–Crippen MR) is 50.5 cm³/mol. The molecule has 0 radical (unpaired) electrons. The van der Waals surface area contributed by atoms with E-state index in [9.17, 15) is 0 Å².